The molecule has 8 heteroatoms. The van der Waals surface area contributed by atoms with E-state index in [2.05, 4.69) is 0 Å². The molecule has 0 fully saturated rings. The Morgan fingerprint density at radius 3 is 2.57 bits per heavy atom. The van der Waals surface area contributed by atoms with Crippen molar-refractivity contribution >= 4 is 11.9 Å². The fourth-order valence-electron chi connectivity index (χ4n) is 1.65. The highest BCUT2D eigenvalue weighted by Gasteiger charge is 2.39. The number of methoxy groups -OCH3 is 1. The van der Waals surface area contributed by atoms with Crippen molar-refractivity contribution < 1.29 is 32.6 Å². The number of ether oxygens (including phenoxy) is 1. The van der Waals surface area contributed by atoms with Gasteiger partial charge in [-0.15, -0.1) is 0 Å². The predicted molar refractivity (Wildman–Crippen MR) is 66.9 cm³/mol. The fraction of sp³-hybridized carbons (Fsp3) is 0.385. The minimum Gasteiger partial charge on any atom is -0.497 e. The van der Waals surface area contributed by atoms with Crippen LogP contribution in [-0.4, -0.2) is 36.8 Å². The zero-order chi connectivity index (χ0) is 16.0. The number of benzene rings is 1. The molecule has 0 radical (unpaired) electrons. The van der Waals surface area contributed by atoms with Gasteiger partial charge in [-0.3, -0.25) is 9.59 Å². The number of alkyl halides is 3. The van der Waals surface area contributed by atoms with Gasteiger partial charge in [0.25, 0.3) is 0 Å². The second kappa shape index (κ2) is 6.96. The highest BCUT2D eigenvalue weighted by Crippen LogP contribution is 2.17. The van der Waals surface area contributed by atoms with Gasteiger partial charge in [-0.05, 0) is 24.1 Å². The molecule has 5 nitrogen and oxygen atoms in total. The van der Waals surface area contributed by atoms with Gasteiger partial charge in [0.15, 0.2) is 0 Å². The summed E-state index contributed by atoms with van der Waals surface area (Å²) in [6.45, 7) is -0.606. The Kier molecular flexibility index (Phi) is 5.57. The lowest BCUT2D eigenvalue weighted by molar-refractivity contribution is -0.174. The van der Waals surface area contributed by atoms with Crippen LogP contribution in [0.3, 0.4) is 0 Å². The summed E-state index contributed by atoms with van der Waals surface area (Å²) in [7, 11) is 1.44. The van der Waals surface area contributed by atoms with Crippen molar-refractivity contribution in [1.29, 1.82) is 0 Å². The van der Waals surface area contributed by atoms with Crippen LogP contribution in [0.4, 0.5) is 13.2 Å². The number of carbonyl (C=O) groups excluding carboxylic acids is 1. The van der Waals surface area contributed by atoms with E-state index in [-0.39, 0.29) is 6.42 Å². The first-order valence-electron chi connectivity index (χ1n) is 5.94. The average molecular weight is 305 g/mol. The van der Waals surface area contributed by atoms with E-state index < -0.39 is 30.5 Å². The van der Waals surface area contributed by atoms with Crippen molar-refractivity contribution in [2.75, 3.05) is 13.7 Å². The summed E-state index contributed by atoms with van der Waals surface area (Å²) in [4.78, 5) is 21.8. The molecule has 0 heterocycles. The summed E-state index contributed by atoms with van der Waals surface area (Å²) >= 11 is 0. The van der Waals surface area contributed by atoms with Crippen LogP contribution >= 0.6 is 0 Å². The maximum Gasteiger partial charge on any atom is 0.471 e. The standard InChI is InChI=1S/C13H14F3NO4/c1-21-10-4-2-3-8(6-10)5-9(11(18)19)7-17-12(20)13(14,15)16/h2-4,6,9H,5,7H2,1H3,(H,17,20)(H,18,19). The number of rotatable bonds is 6. The molecule has 0 aliphatic carbocycles. The van der Waals surface area contributed by atoms with Gasteiger partial charge in [0.2, 0.25) is 0 Å². The van der Waals surface area contributed by atoms with Crippen LogP contribution in [0.2, 0.25) is 0 Å². The number of carboxylic acid groups (broad SMARTS) is 1. The second-order valence-electron chi connectivity index (χ2n) is 4.30. The van der Waals surface area contributed by atoms with E-state index in [1.807, 2.05) is 0 Å². The molecule has 0 saturated heterocycles. The van der Waals surface area contributed by atoms with E-state index in [1.165, 1.54) is 7.11 Å². The molecule has 116 valence electrons. The van der Waals surface area contributed by atoms with Crippen LogP contribution in [0.1, 0.15) is 5.56 Å². The summed E-state index contributed by atoms with van der Waals surface area (Å²) in [5.41, 5.74) is 0.586. The third-order valence-electron chi connectivity index (χ3n) is 2.73. The van der Waals surface area contributed by atoms with Gasteiger partial charge < -0.3 is 15.2 Å². The Labute approximate surface area is 118 Å². The first-order chi connectivity index (χ1) is 9.74. The Morgan fingerprint density at radius 1 is 1.38 bits per heavy atom. The van der Waals surface area contributed by atoms with Crippen LogP contribution < -0.4 is 10.1 Å². The number of amides is 1. The molecule has 21 heavy (non-hydrogen) atoms. The molecule has 1 rings (SSSR count). The number of hydrogen-bond acceptors (Lipinski definition) is 3. The highest BCUT2D eigenvalue weighted by atomic mass is 19.4. The van der Waals surface area contributed by atoms with Gasteiger partial charge in [-0.25, -0.2) is 0 Å². The van der Waals surface area contributed by atoms with Crippen molar-refractivity contribution in [3.8, 4) is 5.75 Å². The summed E-state index contributed by atoms with van der Waals surface area (Å²) in [5, 5.41) is 10.6. The molecular formula is C13H14F3NO4. The van der Waals surface area contributed by atoms with Crippen LogP contribution in [0, 0.1) is 5.92 Å². The number of carboxylic acids is 1. The van der Waals surface area contributed by atoms with E-state index in [4.69, 9.17) is 9.84 Å². The third kappa shape index (κ3) is 5.33. The number of hydrogen-bond donors (Lipinski definition) is 2. The maximum absolute atomic E-state index is 12.1. The summed E-state index contributed by atoms with van der Waals surface area (Å²) in [6, 6.07) is 6.51. The molecule has 1 unspecified atom stereocenters. The highest BCUT2D eigenvalue weighted by molar-refractivity contribution is 5.82. The number of carbonyl (C=O) groups is 2. The van der Waals surface area contributed by atoms with Crippen LogP contribution in [0.15, 0.2) is 24.3 Å². The lowest BCUT2D eigenvalue weighted by Crippen LogP contribution is -2.41. The molecule has 0 spiro atoms. The quantitative estimate of drug-likeness (QED) is 0.837. The first-order valence-corrected chi connectivity index (χ1v) is 5.94. The van der Waals surface area contributed by atoms with Gasteiger partial charge in [-0.2, -0.15) is 13.2 Å². The summed E-state index contributed by atoms with van der Waals surface area (Å²) in [6.07, 6.45) is -5.05. The topological polar surface area (TPSA) is 75.6 Å². The average Bonchev–Trinajstić information content (AvgIpc) is 2.41. The minimum absolute atomic E-state index is 0.0231. The number of aliphatic carboxylic acids is 1. The molecule has 0 aliphatic rings. The lowest BCUT2D eigenvalue weighted by Gasteiger charge is -2.15. The third-order valence-corrected chi connectivity index (χ3v) is 2.73. The lowest BCUT2D eigenvalue weighted by atomic mass is 9.99. The summed E-state index contributed by atoms with van der Waals surface area (Å²) < 4.78 is 41.1. The maximum atomic E-state index is 12.1. The summed E-state index contributed by atoms with van der Waals surface area (Å²) in [5.74, 6) is -4.10. The zero-order valence-electron chi connectivity index (χ0n) is 11.1. The SMILES string of the molecule is COc1cccc(CC(CNC(=O)C(F)(F)F)C(=O)O)c1. The molecule has 0 aromatic heterocycles. The largest absolute Gasteiger partial charge is 0.497 e. The van der Waals surface area contributed by atoms with Crippen LogP contribution in [0.5, 0.6) is 5.75 Å². The van der Waals surface area contributed by atoms with Crippen LogP contribution in [0.25, 0.3) is 0 Å². The van der Waals surface area contributed by atoms with E-state index in [9.17, 15) is 22.8 Å². The van der Waals surface area contributed by atoms with Gasteiger partial charge in [-0.1, -0.05) is 12.1 Å². The van der Waals surface area contributed by atoms with Gasteiger partial charge in [0.05, 0.1) is 13.0 Å². The van der Waals surface area contributed by atoms with E-state index >= 15 is 0 Å². The Hall–Kier alpha value is -2.25. The van der Waals surface area contributed by atoms with Gasteiger partial charge in [0.1, 0.15) is 5.75 Å². The molecular weight excluding hydrogens is 291 g/mol. The molecule has 1 amide bonds. The first kappa shape index (κ1) is 16.8. The predicted octanol–water partition coefficient (Wildman–Crippen LogP) is 1.62. The number of nitrogens with one attached hydrogen (secondary N) is 1. The van der Waals surface area contributed by atoms with Crippen molar-refractivity contribution in [2.45, 2.75) is 12.6 Å². The molecule has 0 bridgehead atoms. The molecule has 0 saturated carbocycles. The molecule has 1 atom stereocenters. The van der Waals surface area contributed by atoms with Crippen molar-refractivity contribution in [2.24, 2.45) is 5.92 Å². The van der Waals surface area contributed by atoms with Gasteiger partial charge >= 0.3 is 18.1 Å². The van der Waals surface area contributed by atoms with Crippen molar-refractivity contribution in [3.63, 3.8) is 0 Å². The monoisotopic (exact) mass is 305 g/mol. The second-order valence-corrected chi connectivity index (χ2v) is 4.30. The smallest absolute Gasteiger partial charge is 0.471 e. The normalized spacial score (nSPS) is 12.6. The molecule has 2 N–H and O–H groups in total. The van der Waals surface area contributed by atoms with Crippen molar-refractivity contribution in [1.82, 2.24) is 5.32 Å². The molecule has 1 aromatic carbocycles. The number of halogens is 3. The van der Waals surface area contributed by atoms with E-state index in [1.54, 1.807) is 29.6 Å². The fourth-order valence-corrected chi connectivity index (χ4v) is 1.65. The Morgan fingerprint density at radius 2 is 2.05 bits per heavy atom. The zero-order valence-corrected chi connectivity index (χ0v) is 11.1. The Balaban J connectivity index is 2.70. The van der Waals surface area contributed by atoms with Crippen LogP contribution in [-0.2, 0) is 16.0 Å². The van der Waals surface area contributed by atoms with E-state index in [0.29, 0.717) is 11.3 Å². The van der Waals surface area contributed by atoms with Gasteiger partial charge in [0, 0.05) is 6.54 Å². The molecule has 1 aromatic rings. The Bertz CT molecular complexity index is 516. The van der Waals surface area contributed by atoms with E-state index in [0.717, 1.165) is 0 Å². The van der Waals surface area contributed by atoms with Crippen molar-refractivity contribution in [3.05, 3.63) is 29.8 Å². The minimum atomic E-state index is -5.03. The molecule has 0 aliphatic heterocycles.